The van der Waals surface area contributed by atoms with Crippen LogP contribution < -0.4 is 0 Å². The van der Waals surface area contributed by atoms with Gasteiger partial charge in [-0.05, 0) is 38.2 Å². The van der Waals surface area contributed by atoms with Crippen LogP contribution in [0.3, 0.4) is 0 Å². The van der Waals surface area contributed by atoms with E-state index in [1.807, 2.05) is 30.3 Å². The molecule has 0 saturated heterocycles. The van der Waals surface area contributed by atoms with E-state index < -0.39 is 22.9 Å². The molecule has 0 radical (unpaired) electrons. The summed E-state index contributed by atoms with van der Waals surface area (Å²) in [6.07, 6.45) is 3.34. The Morgan fingerprint density at radius 1 is 1.23 bits per heavy atom. The van der Waals surface area contributed by atoms with Crippen molar-refractivity contribution in [1.82, 2.24) is 0 Å². The monoisotopic (exact) mass is 324 g/mol. The third-order valence-corrected chi connectivity index (χ3v) is 4.05. The maximum absolute atomic E-state index is 12.4. The molecule has 120 valence electrons. The van der Waals surface area contributed by atoms with Gasteiger partial charge in [-0.1, -0.05) is 30.3 Å². The summed E-state index contributed by atoms with van der Waals surface area (Å²) in [7, 11) is 0. The maximum atomic E-state index is 12.4. The van der Waals surface area contributed by atoms with E-state index in [1.165, 1.54) is 6.92 Å². The number of alkyl halides is 1. The van der Waals surface area contributed by atoms with Crippen molar-refractivity contribution < 1.29 is 19.1 Å². The zero-order valence-corrected chi connectivity index (χ0v) is 13.5. The van der Waals surface area contributed by atoms with Crippen molar-refractivity contribution in [2.75, 3.05) is 6.61 Å². The molecule has 1 aliphatic rings. The minimum atomic E-state index is -1.14. The molecule has 0 amide bonds. The summed E-state index contributed by atoms with van der Waals surface area (Å²) >= 11 is 5.73. The first-order chi connectivity index (χ1) is 10.5. The lowest BCUT2D eigenvalue weighted by atomic mass is 10.0. The fourth-order valence-electron chi connectivity index (χ4n) is 2.61. The van der Waals surface area contributed by atoms with E-state index in [1.54, 1.807) is 0 Å². The van der Waals surface area contributed by atoms with Crippen molar-refractivity contribution in [3.8, 4) is 0 Å². The molecule has 0 aliphatic heterocycles. The summed E-state index contributed by atoms with van der Waals surface area (Å²) < 4.78 is 10.7. The highest BCUT2D eigenvalue weighted by Gasteiger charge is 2.46. The highest BCUT2D eigenvalue weighted by atomic mass is 35.5. The number of halogens is 1. The third kappa shape index (κ3) is 4.23. The molecular weight excluding hydrogens is 304 g/mol. The molecule has 1 aliphatic carbocycles. The number of hydrogen-bond acceptors (Lipinski definition) is 4. The van der Waals surface area contributed by atoms with Crippen LogP contribution in [0.2, 0.25) is 0 Å². The lowest BCUT2D eigenvalue weighted by Gasteiger charge is -2.27. The molecule has 22 heavy (non-hydrogen) atoms. The molecule has 1 fully saturated rings. The Bertz CT molecular complexity index is 507. The van der Waals surface area contributed by atoms with Gasteiger partial charge in [0.25, 0.3) is 0 Å². The third-order valence-electron chi connectivity index (χ3n) is 3.87. The van der Waals surface area contributed by atoms with Crippen LogP contribution in [0.15, 0.2) is 30.3 Å². The van der Waals surface area contributed by atoms with Gasteiger partial charge >= 0.3 is 11.9 Å². The van der Waals surface area contributed by atoms with Gasteiger partial charge in [0.2, 0.25) is 5.60 Å². The topological polar surface area (TPSA) is 52.6 Å². The van der Waals surface area contributed by atoms with Gasteiger partial charge in [-0.25, -0.2) is 4.79 Å². The average Bonchev–Trinajstić information content (AvgIpc) is 2.98. The number of benzene rings is 1. The molecule has 1 atom stereocenters. The second kappa shape index (κ2) is 7.63. The summed E-state index contributed by atoms with van der Waals surface area (Å²) in [5, 5.41) is -0.769. The summed E-state index contributed by atoms with van der Waals surface area (Å²) in [6, 6.07) is 9.79. The molecule has 1 unspecified atom stereocenters. The molecule has 0 bridgehead atoms. The van der Waals surface area contributed by atoms with Gasteiger partial charge in [-0.3, -0.25) is 4.79 Å². The second-order valence-electron chi connectivity index (χ2n) is 5.61. The van der Waals surface area contributed by atoms with Gasteiger partial charge in [0, 0.05) is 6.42 Å². The zero-order valence-electron chi connectivity index (χ0n) is 12.7. The van der Waals surface area contributed by atoms with E-state index >= 15 is 0 Å². The van der Waals surface area contributed by atoms with Crippen molar-refractivity contribution >= 4 is 23.5 Å². The first-order valence-corrected chi connectivity index (χ1v) is 8.05. The predicted octanol–water partition coefficient (Wildman–Crippen LogP) is 3.26. The van der Waals surface area contributed by atoms with Gasteiger partial charge in [0.1, 0.15) is 5.38 Å². The maximum Gasteiger partial charge on any atom is 0.350 e. The lowest BCUT2D eigenvalue weighted by molar-refractivity contribution is -0.181. The van der Waals surface area contributed by atoms with Crippen LogP contribution in [-0.4, -0.2) is 29.5 Å². The smallest absolute Gasteiger partial charge is 0.350 e. The first kappa shape index (κ1) is 16.8. The molecule has 0 heterocycles. The number of carbonyl (C=O) groups is 2. The van der Waals surface area contributed by atoms with Crippen LogP contribution in [0.25, 0.3) is 0 Å². The Hall–Kier alpha value is -1.55. The standard InChI is InChI=1S/C17H21ClO4/c1-13(18)15(19)22-17(10-5-6-11-17)16(20)21-12-9-14-7-3-2-4-8-14/h2-4,7-8,13H,5-6,9-12H2,1H3. The number of hydrogen-bond donors (Lipinski definition) is 0. The molecule has 0 aromatic heterocycles. The van der Waals surface area contributed by atoms with Crippen LogP contribution in [0, 0.1) is 0 Å². The predicted molar refractivity (Wildman–Crippen MR) is 83.7 cm³/mol. The van der Waals surface area contributed by atoms with E-state index in [-0.39, 0.29) is 6.61 Å². The molecule has 2 rings (SSSR count). The zero-order chi connectivity index (χ0) is 16.0. The van der Waals surface area contributed by atoms with E-state index in [2.05, 4.69) is 0 Å². The second-order valence-corrected chi connectivity index (χ2v) is 6.26. The molecule has 4 nitrogen and oxygen atoms in total. The highest BCUT2D eigenvalue weighted by Crippen LogP contribution is 2.35. The summed E-state index contributed by atoms with van der Waals surface area (Å²) in [6.45, 7) is 1.81. The van der Waals surface area contributed by atoms with E-state index in [4.69, 9.17) is 21.1 Å². The van der Waals surface area contributed by atoms with Crippen molar-refractivity contribution in [3.63, 3.8) is 0 Å². The van der Waals surface area contributed by atoms with Crippen LogP contribution in [-0.2, 0) is 25.5 Å². The first-order valence-electron chi connectivity index (χ1n) is 7.61. The van der Waals surface area contributed by atoms with Gasteiger partial charge in [-0.15, -0.1) is 11.6 Å². The average molecular weight is 325 g/mol. The normalized spacial score (nSPS) is 17.7. The number of ether oxygens (including phenoxy) is 2. The minimum Gasteiger partial charge on any atom is -0.462 e. The Balaban J connectivity index is 1.91. The van der Waals surface area contributed by atoms with Crippen LogP contribution in [0.4, 0.5) is 0 Å². The number of rotatable bonds is 6. The molecule has 1 aromatic rings. The fourth-order valence-corrected chi connectivity index (χ4v) is 2.65. The summed E-state index contributed by atoms with van der Waals surface area (Å²) in [4.78, 5) is 24.1. The SMILES string of the molecule is CC(Cl)C(=O)OC1(C(=O)OCCc2ccccc2)CCCC1. The van der Waals surface area contributed by atoms with Crippen molar-refractivity contribution in [2.24, 2.45) is 0 Å². The van der Waals surface area contributed by atoms with Gasteiger partial charge in [-0.2, -0.15) is 0 Å². The van der Waals surface area contributed by atoms with E-state index in [0.29, 0.717) is 19.3 Å². The Morgan fingerprint density at radius 3 is 2.45 bits per heavy atom. The van der Waals surface area contributed by atoms with Crippen molar-refractivity contribution in [1.29, 1.82) is 0 Å². The molecule has 1 saturated carbocycles. The van der Waals surface area contributed by atoms with Crippen molar-refractivity contribution in [3.05, 3.63) is 35.9 Å². The molecule has 0 spiro atoms. The minimum absolute atomic E-state index is 0.276. The fraction of sp³-hybridized carbons (Fsp3) is 0.529. The van der Waals surface area contributed by atoms with Gasteiger partial charge < -0.3 is 9.47 Å². The van der Waals surface area contributed by atoms with Crippen molar-refractivity contribution in [2.45, 2.75) is 50.0 Å². The van der Waals surface area contributed by atoms with Crippen LogP contribution >= 0.6 is 11.6 Å². The summed E-state index contributed by atoms with van der Waals surface area (Å²) in [5.41, 5.74) is -0.0427. The quantitative estimate of drug-likeness (QED) is 0.595. The van der Waals surface area contributed by atoms with E-state index in [9.17, 15) is 9.59 Å². The Labute approximate surface area is 135 Å². The Morgan fingerprint density at radius 2 is 1.86 bits per heavy atom. The largest absolute Gasteiger partial charge is 0.462 e. The molecular formula is C17H21ClO4. The lowest BCUT2D eigenvalue weighted by Crippen LogP contribution is -2.43. The molecule has 5 heteroatoms. The van der Waals surface area contributed by atoms with Gasteiger partial charge in [0.15, 0.2) is 0 Å². The van der Waals surface area contributed by atoms with Crippen LogP contribution in [0.1, 0.15) is 38.2 Å². The molecule has 1 aromatic carbocycles. The van der Waals surface area contributed by atoms with Gasteiger partial charge in [0.05, 0.1) is 6.61 Å². The molecule has 0 N–H and O–H groups in total. The highest BCUT2D eigenvalue weighted by molar-refractivity contribution is 6.29. The summed E-state index contributed by atoms with van der Waals surface area (Å²) in [5.74, 6) is -1.02. The number of carbonyl (C=O) groups excluding carboxylic acids is 2. The van der Waals surface area contributed by atoms with E-state index in [0.717, 1.165) is 18.4 Å². The number of esters is 2. The van der Waals surface area contributed by atoms with Crippen LogP contribution in [0.5, 0.6) is 0 Å². The Kier molecular flexibility index (Phi) is 5.83.